The Hall–Kier alpha value is -2.81. The summed E-state index contributed by atoms with van der Waals surface area (Å²) in [6.45, 7) is 7.79. The lowest BCUT2D eigenvalue weighted by Crippen LogP contribution is -2.46. The van der Waals surface area contributed by atoms with Crippen LogP contribution in [0.4, 0.5) is 11.4 Å². The van der Waals surface area contributed by atoms with Crippen LogP contribution in [0, 0.1) is 5.92 Å². The number of amidine groups is 1. The molecule has 0 spiro atoms. The Morgan fingerprint density at radius 2 is 1.94 bits per heavy atom. The molecule has 4 rings (SSSR count). The molecule has 0 saturated carbocycles. The molecule has 2 aromatic rings. The Bertz CT molecular complexity index is 1090. The maximum atomic E-state index is 13.1. The standard InChI is InChI=1S/C26H33ClN4O4/c1-25(2,3)35-24(32)23-29-21-8-6-5-7-19(21)26(31-23,34-16-17-11-13-28-14-12-17)30-22-15-18(33-4)9-10-20(22)27/h5-10,15,17,28,30H,11-14,16H2,1-4H3,(H,29,31). The van der Waals surface area contributed by atoms with Gasteiger partial charge >= 0.3 is 5.97 Å². The summed E-state index contributed by atoms with van der Waals surface area (Å²) in [6, 6.07) is 12.9. The minimum absolute atomic E-state index is 0.0513. The van der Waals surface area contributed by atoms with Crippen LogP contribution in [0.2, 0.25) is 5.02 Å². The third-order valence-corrected chi connectivity index (χ3v) is 6.20. The Morgan fingerprint density at radius 1 is 1.20 bits per heavy atom. The molecule has 0 aromatic heterocycles. The number of methoxy groups -OCH3 is 1. The molecule has 35 heavy (non-hydrogen) atoms. The van der Waals surface area contributed by atoms with Gasteiger partial charge in [-0.2, -0.15) is 0 Å². The number of esters is 1. The smallest absolute Gasteiger partial charge is 0.374 e. The van der Waals surface area contributed by atoms with Crippen LogP contribution < -0.4 is 20.7 Å². The van der Waals surface area contributed by atoms with Gasteiger partial charge in [-0.3, -0.25) is 0 Å². The number of fused-ring (bicyclic) bond motifs is 1. The number of piperidine rings is 1. The maximum absolute atomic E-state index is 13.1. The highest BCUT2D eigenvalue weighted by Crippen LogP contribution is 2.40. The largest absolute Gasteiger partial charge is 0.497 e. The molecule has 0 aliphatic carbocycles. The van der Waals surface area contributed by atoms with E-state index in [4.69, 9.17) is 30.8 Å². The second-order valence-electron chi connectivity index (χ2n) is 9.75. The van der Waals surface area contributed by atoms with Crippen LogP contribution in [0.25, 0.3) is 0 Å². The second-order valence-corrected chi connectivity index (χ2v) is 10.2. The van der Waals surface area contributed by atoms with Crippen LogP contribution in [0.5, 0.6) is 5.75 Å². The number of benzene rings is 2. The Kier molecular flexibility index (Phi) is 7.54. The number of hydrogen-bond donors (Lipinski definition) is 3. The zero-order valence-corrected chi connectivity index (χ0v) is 21.4. The van der Waals surface area contributed by atoms with Gasteiger partial charge in [0, 0.05) is 11.8 Å². The molecule has 0 bridgehead atoms. The van der Waals surface area contributed by atoms with Crippen molar-refractivity contribution in [3.8, 4) is 5.75 Å². The molecule has 0 amide bonds. The summed E-state index contributed by atoms with van der Waals surface area (Å²) in [5, 5.41) is 10.4. The third kappa shape index (κ3) is 6.07. The highest BCUT2D eigenvalue weighted by molar-refractivity contribution is 6.41. The van der Waals surface area contributed by atoms with Crippen molar-refractivity contribution in [3.63, 3.8) is 0 Å². The topological polar surface area (TPSA) is 93.2 Å². The van der Waals surface area contributed by atoms with Crippen molar-refractivity contribution in [1.29, 1.82) is 0 Å². The van der Waals surface area contributed by atoms with Crippen molar-refractivity contribution < 1.29 is 19.0 Å². The lowest BCUT2D eigenvalue weighted by atomic mass is 9.99. The third-order valence-electron chi connectivity index (χ3n) is 5.87. The summed E-state index contributed by atoms with van der Waals surface area (Å²) >= 11 is 6.56. The summed E-state index contributed by atoms with van der Waals surface area (Å²) in [5.74, 6) is -0.938. The quantitative estimate of drug-likeness (QED) is 0.373. The molecule has 2 aliphatic heterocycles. The minimum Gasteiger partial charge on any atom is -0.497 e. The van der Waals surface area contributed by atoms with E-state index < -0.39 is 17.4 Å². The van der Waals surface area contributed by atoms with Gasteiger partial charge in [-0.25, -0.2) is 9.79 Å². The highest BCUT2D eigenvalue weighted by atomic mass is 35.5. The van der Waals surface area contributed by atoms with Gasteiger partial charge < -0.3 is 30.2 Å². The van der Waals surface area contributed by atoms with Crippen molar-refractivity contribution >= 4 is 34.8 Å². The second kappa shape index (κ2) is 10.4. The molecule has 1 unspecified atom stereocenters. The zero-order chi connectivity index (χ0) is 25.1. The predicted octanol–water partition coefficient (Wildman–Crippen LogP) is 4.75. The molecule has 1 saturated heterocycles. The molecular formula is C26H33ClN4O4. The first-order valence-corrected chi connectivity index (χ1v) is 12.2. The molecule has 2 aliphatic rings. The fourth-order valence-electron chi connectivity index (χ4n) is 4.12. The van der Waals surface area contributed by atoms with Gasteiger partial charge in [-0.1, -0.05) is 23.7 Å². The normalized spacial score (nSPS) is 20.3. The molecule has 1 atom stereocenters. The van der Waals surface area contributed by atoms with Crippen LogP contribution in [-0.2, 0) is 20.1 Å². The molecule has 2 heterocycles. The molecule has 9 heteroatoms. The first-order valence-electron chi connectivity index (χ1n) is 11.9. The molecule has 3 N–H and O–H groups in total. The number of anilines is 2. The van der Waals surface area contributed by atoms with Gasteiger partial charge in [0.2, 0.25) is 5.84 Å². The van der Waals surface area contributed by atoms with Crippen LogP contribution >= 0.6 is 11.6 Å². The lowest BCUT2D eigenvalue weighted by Gasteiger charge is -2.38. The molecule has 0 radical (unpaired) electrons. The Balaban J connectivity index is 1.79. The number of para-hydroxylation sites is 1. The van der Waals surface area contributed by atoms with Crippen LogP contribution in [0.1, 0.15) is 39.2 Å². The Morgan fingerprint density at radius 3 is 2.66 bits per heavy atom. The van der Waals surface area contributed by atoms with Crippen molar-refractivity contribution in [1.82, 2.24) is 5.32 Å². The first kappa shape index (κ1) is 25.3. The molecule has 2 aromatic carbocycles. The average Bonchev–Trinajstić information content (AvgIpc) is 2.84. The van der Waals surface area contributed by atoms with Crippen molar-refractivity contribution in [3.05, 3.63) is 53.1 Å². The predicted molar refractivity (Wildman–Crippen MR) is 138 cm³/mol. The SMILES string of the molecule is COc1ccc(Cl)c(NC2(OCC3CCNCC3)N=C(C(=O)OC(C)(C)C)Nc3ccccc32)c1. The van der Waals surface area contributed by atoms with Crippen LogP contribution in [0.15, 0.2) is 47.5 Å². The number of hydrogen-bond acceptors (Lipinski definition) is 8. The average molecular weight is 501 g/mol. The summed E-state index contributed by atoms with van der Waals surface area (Å²) in [6.07, 6.45) is 2.00. The molecular weight excluding hydrogens is 468 g/mol. The van der Waals surface area contributed by atoms with Crippen molar-refractivity contribution in [2.75, 3.05) is 37.4 Å². The fraction of sp³-hybridized carbons (Fsp3) is 0.462. The zero-order valence-electron chi connectivity index (χ0n) is 20.6. The van der Waals surface area contributed by atoms with E-state index in [9.17, 15) is 4.79 Å². The van der Waals surface area contributed by atoms with E-state index in [2.05, 4.69) is 16.0 Å². The van der Waals surface area contributed by atoms with E-state index in [0.717, 1.165) is 31.5 Å². The van der Waals surface area contributed by atoms with Crippen molar-refractivity contribution in [2.24, 2.45) is 10.9 Å². The van der Waals surface area contributed by atoms with E-state index in [1.165, 1.54) is 0 Å². The highest BCUT2D eigenvalue weighted by Gasteiger charge is 2.42. The van der Waals surface area contributed by atoms with Crippen molar-refractivity contribution in [2.45, 2.75) is 45.1 Å². The maximum Gasteiger partial charge on any atom is 0.374 e. The fourth-order valence-corrected chi connectivity index (χ4v) is 4.29. The molecule has 1 fully saturated rings. The number of ether oxygens (including phenoxy) is 3. The Labute approximate surface area is 211 Å². The number of nitrogens with zero attached hydrogens (tertiary/aromatic N) is 1. The summed E-state index contributed by atoms with van der Waals surface area (Å²) in [5.41, 5.74) is 1.32. The molecule has 8 nitrogen and oxygen atoms in total. The molecule has 188 valence electrons. The van der Waals surface area contributed by atoms with Gasteiger partial charge in [0.1, 0.15) is 11.4 Å². The van der Waals surface area contributed by atoms with Gasteiger partial charge in [0.05, 0.1) is 30.0 Å². The van der Waals surface area contributed by atoms with E-state index in [0.29, 0.717) is 34.7 Å². The summed E-state index contributed by atoms with van der Waals surface area (Å²) < 4.78 is 17.6. The number of aliphatic imine (C=N–C) groups is 1. The van der Waals surface area contributed by atoms with Gasteiger partial charge in [0.15, 0.2) is 0 Å². The number of carbonyl (C=O) groups excluding carboxylic acids is 1. The van der Waals surface area contributed by atoms with E-state index in [1.54, 1.807) is 25.3 Å². The summed E-state index contributed by atoms with van der Waals surface area (Å²) in [7, 11) is 1.59. The monoisotopic (exact) mass is 500 g/mol. The number of nitrogens with one attached hydrogen (secondary N) is 3. The van der Waals surface area contributed by atoms with Crippen LogP contribution in [0.3, 0.4) is 0 Å². The number of carbonyl (C=O) groups is 1. The number of rotatable bonds is 7. The van der Waals surface area contributed by atoms with Crippen LogP contribution in [-0.4, -0.2) is 44.2 Å². The van der Waals surface area contributed by atoms with E-state index in [-0.39, 0.29) is 5.84 Å². The van der Waals surface area contributed by atoms with Gasteiger partial charge in [-0.15, -0.1) is 0 Å². The van der Waals surface area contributed by atoms with E-state index in [1.807, 2.05) is 45.0 Å². The number of halogens is 1. The van der Waals surface area contributed by atoms with Gasteiger partial charge in [-0.05, 0) is 76.9 Å². The minimum atomic E-state index is -1.41. The lowest BCUT2D eigenvalue weighted by molar-refractivity contribution is -0.146. The first-order chi connectivity index (χ1) is 16.7. The van der Waals surface area contributed by atoms with E-state index >= 15 is 0 Å². The van der Waals surface area contributed by atoms with Gasteiger partial charge in [0.25, 0.3) is 5.85 Å². The summed E-state index contributed by atoms with van der Waals surface area (Å²) in [4.78, 5) is 17.9.